The van der Waals surface area contributed by atoms with Gasteiger partial charge in [0, 0.05) is 71.4 Å². The van der Waals surface area contributed by atoms with Gasteiger partial charge in [0.1, 0.15) is 0 Å². The molecule has 1 aromatic heterocycles. The Morgan fingerprint density at radius 1 is 1.11 bits per heavy atom. The second-order valence-corrected chi connectivity index (χ2v) is 13.4. The topological polar surface area (TPSA) is 90.4 Å². The first kappa shape index (κ1) is 31.5. The van der Waals surface area contributed by atoms with Crippen molar-refractivity contribution < 1.29 is 41.7 Å². The number of alkyl halides is 3. The minimum Gasteiger partial charge on any atom is -0.449 e. The molecule has 1 saturated carbocycles. The van der Waals surface area contributed by atoms with Gasteiger partial charge in [0.05, 0.1) is 30.3 Å². The molecule has 3 saturated heterocycles. The highest BCUT2D eigenvalue weighted by Gasteiger charge is 2.60. The average molecular weight is 624 g/mol. The summed E-state index contributed by atoms with van der Waals surface area (Å²) in [5.41, 5.74) is -0.548. The van der Waals surface area contributed by atoms with E-state index in [0.717, 1.165) is 64.0 Å². The number of hydrogen-bond donors (Lipinski definition) is 0. The molecule has 0 bridgehead atoms. The van der Waals surface area contributed by atoms with Gasteiger partial charge in [-0.3, -0.25) is 9.78 Å². The van der Waals surface area contributed by atoms with Crippen LogP contribution >= 0.6 is 0 Å². The third kappa shape index (κ3) is 6.58. The number of methoxy groups -OCH3 is 1. The molecular weight excluding hydrogens is 579 g/mol. The van der Waals surface area contributed by atoms with Crippen molar-refractivity contribution in [3.63, 3.8) is 0 Å². The highest BCUT2D eigenvalue weighted by Crippen LogP contribution is 2.54. The number of fused-ring (bicyclic) bond motifs is 2. The summed E-state index contributed by atoms with van der Waals surface area (Å²) in [6.07, 6.45) is 2.43. The molecule has 1 aromatic rings. The van der Waals surface area contributed by atoms with E-state index < -0.39 is 17.2 Å². The smallest absolute Gasteiger partial charge is 0.417 e. The molecule has 0 unspecified atom stereocenters. The monoisotopic (exact) mass is 623 g/mol. The molecule has 0 radical (unpaired) electrons. The maximum absolute atomic E-state index is 14.5. The number of halogens is 3. The molecule has 12 heteroatoms. The highest BCUT2D eigenvalue weighted by molar-refractivity contribution is 5.85. The van der Waals surface area contributed by atoms with Crippen molar-refractivity contribution in [3.8, 4) is 0 Å². The van der Waals surface area contributed by atoms with E-state index in [2.05, 4.69) is 4.98 Å². The zero-order valence-corrected chi connectivity index (χ0v) is 25.5. The third-order valence-corrected chi connectivity index (χ3v) is 10.8. The van der Waals surface area contributed by atoms with E-state index in [1.54, 1.807) is 16.9 Å². The Kier molecular flexibility index (Phi) is 9.40. The van der Waals surface area contributed by atoms with Gasteiger partial charge in [-0.1, -0.05) is 0 Å². The van der Waals surface area contributed by atoms with Gasteiger partial charge in [0.2, 0.25) is 5.91 Å². The summed E-state index contributed by atoms with van der Waals surface area (Å²) in [4.78, 5) is 35.2. The van der Waals surface area contributed by atoms with E-state index >= 15 is 0 Å². The fourth-order valence-corrected chi connectivity index (χ4v) is 8.38. The minimum atomic E-state index is -4.50. The number of likely N-dealkylation sites (tertiary alicyclic amines) is 1. The van der Waals surface area contributed by atoms with Crippen molar-refractivity contribution in [3.05, 3.63) is 29.1 Å². The van der Waals surface area contributed by atoms with Gasteiger partial charge in [-0.15, -0.1) is 0 Å². The Morgan fingerprint density at radius 2 is 1.91 bits per heavy atom. The number of rotatable bonds is 7. The van der Waals surface area contributed by atoms with Gasteiger partial charge in [-0.2, -0.15) is 13.2 Å². The summed E-state index contributed by atoms with van der Waals surface area (Å²) < 4.78 is 62.8. The maximum atomic E-state index is 14.5. The number of carbonyl (C=O) groups is 2. The normalized spacial score (nSPS) is 31.1. The number of amides is 2. The van der Waals surface area contributed by atoms with Crippen LogP contribution in [0.3, 0.4) is 0 Å². The number of aromatic nitrogens is 1. The van der Waals surface area contributed by atoms with Crippen molar-refractivity contribution in [2.24, 2.45) is 29.1 Å². The molecule has 1 aliphatic carbocycles. The zero-order chi connectivity index (χ0) is 30.9. The predicted octanol–water partition coefficient (Wildman–Crippen LogP) is 4.71. The third-order valence-electron chi connectivity index (χ3n) is 10.8. The molecule has 2 amide bonds. The van der Waals surface area contributed by atoms with Gasteiger partial charge in [0.25, 0.3) is 0 Å². The molecule has 4 fully saturated rings. The zero-order valence-electron chi connectivity index (χ0n) is 25.5. The van der Waals surface area contributed by atoms with Crippen LogP contribution in [0.25, 0.3) is 0 Å². The van der Waals surface area contributed by atoms with Crippen molar-refractivity contribution >= 4 is 12.0 Å². The quantitative estimate of drug-likeness (QED) is 0.435. The van der Waals surface area contributed by atoms with Gasteiger partial charge in [-0.05, 0) is 80.2 Å². The number of hydrogen-bond acceptors (Lipinski definition) is 7. The Labute approximate surface area is 256 Å². The lowest BCUT2D eigenvalue weighted by Crippen LogP contribution is -2.49. The van der Waals surface area contributed by atoms with Crippen molar-refractivity contribution in [2.45, 2.75) is 70.2 Å². The molecule has 0 N–H and O–H groups in total. The number of nitrogens with zero attached hydrogens (tertiary/aromatic N) is 3. The summed E-state index contributed by atoms with van der Waals surface area (Å²) in [5.74, 6) is 1.00. The van der Waals surface area contributed by atoms with Crippen LogP contribution in [0.5, 0.6) is 0 Å². The SMILES string of the molecule is CO[C@H]1COCC[C@H]1C[C@@H]1C[C@H]2CN(C(=O)OCCC3CCOCC3)C[C@@]2(C(=O)N2CCc3ncc(C(F)(F)F)cc3C2)C1. The molecule has 244 valence electrons. The molecule has 0 aromatic carbocycles. The predicted molar refractivity (Wildman–Crippen MR) is 152 cm³/mol. The summed E-state index contributed by atoms with van der Waals surface area (Å²) in [7, 11) is 1.71. The molecule has 5 heterocycles. The minimum absolute atomic E-state index is 0.0203. The van der Waals surface area contributed by atoms with Gasteiger partial charge in [0.15, 0.2) is 0 Å². The molecule has 5 atom stereocenters. The van der Waals surface area contributed by atoms with E-state index in [1.165, 1.54) is 0 Å². The number of carbonyl (C=O) groups excluding carboxylic acids is 2. The standard InChI is InChI=1S/C32H44F3N3O6/c1-41-28-19-43-10-6-23(28)12-22-13-26-18-38(30(40)44-11-5-21-3-8-42-9-4-21)20-31(26,15-22)29(39)37-7-2-27-24(17-37)14-25(16-36-27)32(33,34)35/h14,16,21-23,26,28H,2-13,15,17-20H2,1H3/t22-,23+,26+,28+,31+/m1/s1. The highest BCUT2D eigenvalue weighted by atomic mass is 19.4. The van der Waals surface area contributed by atoms with Crippen molar-refractivity contribution in [2.75, 3.05) is 59.8 Å². The van der Waals surface area contributed by atoms with Gasteiger partial charge in [-0.25, -0.2) is 4.79 Å². The Balaban J connectivity index is 1.17. The Hall–Kier alpha value is -2.44. The van der Waals surface area contributed by atoms with Crippen LogP contribution in [0.1, 0.15) is 61.8 Å². The van der Waals surface area contributed by atoms with Crippen LogP contribution in [0, 0.1) is 29.1 Å². The van der Waals surface area contributed by atoms with Crippen LogP contribution < -0.4 is 0 Å². The van der Waals surface area contributed by atoms with Gasteiger partial charge < -0.3 is 28.7 Å². The summed E-state index contributed by atoms with van der Waals surface area (Å²) in [6, 6.07) is 1.13. The molecular formula is C32H44F3N3O6. The number of ether oxygens (including phenoxy) is 4. The average Bonchev–Trinajstić information content (AvgIpc) is 3.55. The lowest BCUT2D eigenvalue weighted by atomic mass is 9.78. The molecule has 44 heavy (non-hydrogen) atoms. The molecule has 5 aliphatic rings. The van der Waals surface area contributed by atoms with Crippen LogP contribution in [-0.2, 0) is 42.9 Å². The fraction of sp³-hybridized carbons (Fsp3) is 0.781. The van der Waals surface area contributed by atoms with Crippen LogP contribution in [0.2, 0.25) is 0 Å². The second-order valence-electron chi connectivity index (χ2n) is 13.4. The largest absolute Gasteiger partial charge is 0.449 e. The lowest BCUT2D eigenvalue weighted by Gasteiger charge is -2.37. The maximum Gasteiger partial charge on any atom is 0.417 e. The first-order chi connectivity index (χ1) is 21.2. The summed E-state index contributed by atoms with van der Waals surface area (Å²) in [5, 5.41) is 0. The summed E-state index contributed by atoms with van der Waals surface area (Å²) >= 11 is 0. The first-order valence-corrected chi connectivity index (χ1v) is 16.1. The molecule has 9 nitrogen and oxygen atoms in total. The van der Waals surface area contributed by atoms with Gasteiger partial charge >= 0.3 is 12.3 Å². The molecule has 0 spiro atoms. The van der Waals surface area contributed by atoms with Crippen LogP contribution in [0.4, 0.5) is 18.0 Å². The van der Waals surface area contributed by atoms with E-state index in [0.29, 0.717) is 68.8 Å². The van der Waals surface area contributed by atoms with Crippen LogP contribution in [-0.4, -0.2) is 92.7 Å². The fourth-order valence-electron chi connectivity index (χ4n) is 8.38. The number of pyridine rings is 1. The lowest BCUT2D eigenvalue weighted by molar-refractivity contribution is -0.144. The van der Waals surface area contributed by atoms with Crippen LogP contribution in [0.15, 0.2) is 12.3 Å². The van der Waals surface area contributed by atoms with E-state index in [-0.39, 0.29) is 43.0 Å². The Bertz CT molecular complexity index is 1190. The van der Waals surface area contributed by atoms with Crippen molar-refractivity contribution in [1.29, 1.82) is 0 Å². The van der Waals surface area contributed by atoms with Crippen molar-refractivity contribution in [1.82, 2.24) is 14.8 Å². The second kappa shape index (κ2) is 13.1. The Morgan fingerprint density at radius 3 is 2.68 bits per heavy atom. The van der Waals surface area contributed by atoms with E-state index in [4.69, 9.17) is 18.9 Å². The van der Waals surface area contributed by atoms with E-state index in [1.807, 2.05) is 0 Å². The molecule has 4 aliphatic heterocycles. The summed E-state index contributed by atoms with van der Waals surface area (Å²) in [6.45, 7) is 4.29. The molecule has 6 rings (SSSR count). The van der Waals surface area contributed by atoms with E-state index in [9.17, 15) is 22.8 Å². The first-order valence-electron chi connectivity index (χ1n) is 16.1.